The van der Waals surface area contributed by atoms with Gasteiger partial charge in [-0.1, -0.05) is 41.3 Å². The summed E-state index contributed by atoms with van der Waals surface area (Å²) in [4.78, 5) is 12.1. The number of rotatable bonds is 6. The molecule has 2 N–H and O–H groups in total. The van der Waals surface area contributed by atoms with E-state index in [4.69, 9.17) is 5.26 Å². The summed E-state index contributed by atoms with van der Waals surface area (Å²) < 4.78 is 0.699. The molecule has 3 rings (SSSR count). The van der Waals surface area contributed by atoms with E-state index in [1.54, 1.807) is 24.3 Å². The first-order valence-corrected chi connectivity index (χ1v) is 9.95. The second-order valence-electron chi connectivity index (χ2n) is 5.79. The van der Waals surface area contributed by atoms with Crippen molar-refractivity contribution in [1.82, 2.24) is 10.2 Å². The van der Waals surface area contributed by atoms with Crippen molar-refractivity contribution in [3.63, 3.8) is 0 Å². The first-order chi connectivity index (χ1) is 13.0. The summed E-state index contributed by atoms with van der Waals surface area (Å²) >= 11 is 2.70. The highest BCUT2D eigenvalue weighted by atomic mass is 32.2. The van der Waals surface area contributed by atoms with E-state index in [2.05, 4.69) is 52.9 Å². The second kappa shape index (κ2) is 8.66. The number of para-hydroxylation sites is 1. The Morgan fingerprint density at radius 3 is 2.78 bits per heavy atom. The summed E-state index contributed by atoms with van der Waals surface area (Å²) in [6, 6.07) is 15.1. The quantitative estimate of drug-likeness (QED) is 0.597. The number of carbonyl (C=O) groups excluding carboxylic acids is 1. The summed E-state index contributed by atoms with van der Waals surface area (Å²) in [5, 5.41) is 23.9. The van der Waals surface area contributed by atoms with Crippen LogP contribution in [0.15, 0.2) is 46.8 Å². The minimum atomic E-state index is -0.193. The Hall–Kier alpha value is -2.89. The third-order valence-corrected chi connectivity index (χ3v) is 5.78. The number of anilines is 3. The third-order valence-electron chi connectivity index (χ3n) is 3.81. The molecule has 136 valence electrons. The number of aryl methyl sites for hydroxylation is 2. The lowest BCUT2D eigenvalue weighted by molar-refractivity contribution is -0.113. The monoisotopic (exact) mass is 395 g/mol. The Morgan fingerprint density at radius 2 is 2.00 bits per heavy atom. The largest absolute Gasteiger partial charge is 0.330 e. The van der Waals surface area contributed by atoms with Gasteiger partial charge in [0, 0.05) is 5.69 Å². The smallest absolute Gasteiger partial charge is 0.234 e. The maximum atomic E-state index is 12.1. The molecule has 0 fully saturated rings. The van der Waals surface area contributed by atoms with E-state index in [0.717, 1.165) is 5.69 Å². The van der Waals surface area contributed by atoms with E-state index in [1.807, 2.05) is 6.07 Å². The van der Waals surface area contributed by atoms with Crippen LogP contribution in [0.3, 0.4) is 0 Å². The fourth-order valence-corrected chi connectivity index (χ4v) is 3.84. The molecular formula is C19H17N5OS2. The number of carbonyl (C=O) groups is 1. The van der Waals surface area contributed by atoms with Crippen LogP contribution in [-0.2, 0) is 4.79 Å². The fourth-order valence-electron chi connectivity index (χ4n) is 2.26. The van der Waals surface area contributed by atoms with Crippen molar-refractivity contribution < 1.29 is 4.79 Å². The van der Waals surface area contributed by atoms with Crippen molar-refractivity contribution in [3.05, 3.63) is 59.2 Å². The number of nitrogens with zero attached hydrogens (tertiary/aromatic N) is 3. The molecule has 0 saturated heterocycles. The van der Waals surface area contributed by atoms with Gasteiger partial charge in [-0.25, -0.2) is 0 Å². The highest BCUT2D eigenvalue weighted by Gasteiger charge is 2.10. The highest BCUT2D eigenvalue weighted by molar-refractivity contribution is 8.01. The number of hydrogen-bond donors (Lipinski definition) is 2. The van der Waals surface area contributed by atoms with Gasteiger partial charge in [0.05, 0.1) is 17.0 Å². The van der Waals surface area contributed by atoms with Crippen molar-refractivity contribution in [2.24, 2.45) is 0 Å². The number of nitrogens with one attached hydrogen (secondary N) is 2. The Labute approximate surface area is 165 Å². The highest BCUT2D eigenvalue weighted by Crippen LogP contribution is 2.28. The van der Waals surface area contributed by atoms with Crippen LogP contribution >= 0.6 is 23.1 Å². The molecule has 0 aliphatic heterocycles. The molecule has 6 nitrogen and oxygen atoms in total. The molecule has 27 heavy (non-hydrogen) atoms. The van der Waals surface area contributed by atoms with Gasteiger partial charge in [-0.3, -0.25) is 4.79 Å². The van der Waals surface area contributed by atoms with Gasteiger partial charge in [-0.15, -0.1) is 10.2 Å². The molecule has 0 spiro atoms. The molecule has 8 heteroatoms. The molecule has 1 heterocycles. The molecule has 0 atom stereocenters. The van der Waals surface area contributed by atoms with Crippen LogP contribution in [-0.4, -0.2) is 21.9 Å². The standard InChI is InChI=1S/C19H17N5OS2/c1-12-7-8-15(9-13(12)2)21-18-23-24-19(27-18)26-11-17(25)22-16-6-4-3-5-14(16)10-20/h3-9H,11H2,1-2H3,(H,21,23)(H,22,25). The minimum absolute atomic E-state index is 0.192. The van der Waals surface area contributed by atoms with E-state index in [0.29, 0.717) is 20.7 Å². The molecule has 2 aromatic carbocycles. The van der Waals surface area contributed by atoms with Crippen molar-refractivity contribution in [2.75, 3.05) is 16.4 Å². The Morgan fingerprint density at radius 1 is 1.19 bits per heavy atom. The molecule has 0 saturated carbocycles. The van der Waals surface area contributed by atoms with Gasteiger partial charge in [0.1, 0.15) is 6.07 Å². The molecule has 0 unspecified atom stereocenters. The SMILES string of the molecule is Cc1ccc(Nc2nnc(SCC(=O)Nc3ccccc3C#N)s2)cc1C. The van der Waals surface area contributed by atoms with Crippen LogP contribution < -0.4 is 10.6 Å². The average Bonchev–Trinajstić information content (AvgIpc) is 3.11. The van der Waals surface area contributed by atoms with Crippen molar-refractivity contribution in [2.45, 2.75) is 18.2 Å². The van der Waals surface area contributed by atoms with Crippen LogP contribution in [0.1, 0.15) is 16.7 Å². The predicted molar refractivity (Wildman–Crippen MR) is 110 cm³/mol. The first kappa shape index (κ1) is 18.9. The van der Waals surface area contributed by atoms with Gasteiger partial charge < -0.3 is 10.6 Å². The normalized spacial score (nSPS) is 10.3. The van der Waals surface area contributed by atoms with Gasteiger partial charge >= 0.3 is 0 Å². The number of aromatic nitrogens is 2. The van der Waals surface area contributed by atoms with Crippen LogP contribution in [0.2, 0.25) is 0 Å². The summed E-state index contributed by atoms with van der Waals surface area (Å²) in [5.74, 6) is -0.000496. The molecule has 0 aliphatic rings. The third kappa shape index (κ3) is 5.06. The first-order valence-electron chi connectivity index (χ1n) is 8.14. The van der Waals surface area contributed by atoms with Crippen LogP contribution in [0.25, 0.3) is 0 Å². The Kier molecular flexibility index (Phi) is 6.06. The van der Waals surface area contributed by atoms with Gasteiger partial charge in [0.25, 0.3) is 0 Å². The molecule has 0 bridgehead atoms. The van der Waals surface area contributed by atoms with Crippen LogP contribution in [0.4, 0.5) is 16.5 Å². The molecular weight excluding hydrogens is 378 g/mol. The molecule has 1 amide bonds. The molecule has 0 radical (unpaired) electrons. The molecule has 3 aromatic rings. The van der Waals surface area contributed by atoms with E-state index >= 15 is 0 Å². The van der Waals surface area contributed by atoms with Crippen molar-refractivity contribution in [1.29, 1.82) is 5.26 Å². The van der Waals surface area contributed by atoms with Crippen LogP contribution in [0, 0.1) is 25.2 Å². The van der Waals surface area contributed by atoms with Gasteiger partial charge in [-0.2, -0.15) is 5.26 Å². The number of nitriles is 1. The lowest BCUT2D eigenvalue weighted by atomic mass is 10.1. The van der Waals surface area contributed by atoms with E-state index in [9.17, 15) is 4.79 Å². The van der Waals surface area contributed by atoms with Crippen molar-refractivity contribution in [3.8, 4) is 6.07 Å². The number of thioether (sulfide) groups is 1. The predicted octanol–water partition coefficient (Wildman–Crippen LogP) is 4.50. The minimum Gasteiger partial charge on any atom is -0.330 e. The van der Waals surface area contributed by atoms with Gasteiger partial charge in [0.2, 0.25) is 11.0 Å². The van der Waals surface area contributed by atoms with E-state index < -0.39 is 0 Å². The maximum Gasteiger partial charge on any atom is 0.234 e. The second-order valence-corrected chi connectivity index (χ2v) is 7.99. The summed E-state index contributed by atoms with van der Waals surface area (Å²) in [6.45, 7) is 4.13. The average molecular weight is 396 g/mol. The van der Waals surface area contributed by atoms with Crippen LogP contribution in [0.5, 0.6) is 0 Å². The van der Waals surface area contributed by atoms with E-state index in [1.165, 1.54) is 34.2 Å². The number of benzene rings is 2. The summed E-state index contributed by atoms with van der Waals surface area (Å²) in [6.07, 6.45) is 0. The summed E-state index contributed by atoms with van der Waals surface area (Å²) in [7, 11) is 0. The lowest BCUT2D eigenvalue weighted by Crippen LogP contribution is -2.14. The van der Waals surface area contributed by atoms with Crippen molar-refractivity contribution >= 4 is 45.5 Å². The summed E-state index contributed by atoms with van der Waals surface area (Å²) in [5.41, 5.74) is 4.34. The fraction of sp³-hybridized carbons (Fsp3) is 0.158. The van der Waals surface area contributed by atoms with E-state index in [-0.39, 0.29) is 11.7 Å². The maximum absolute atomic E-state index is 12.1. The lowest BCUT2D eigenvalue weighted by Gasteiger charge is -2.05. The Balaban J connectivity index is 1.55. The van der Waals surface area contributed by atoms with Gasteiger partial charge in [-0.05, 0) is 49.2 Å². The number of hydrogen-bond acceptors (Lipinski definition) is 7. The molecule has 0 aliphatic carbocycles. The molecule has 1 aromatic heterocycles. The zero-order valence-electron chi connectivity index (χ0n) is 14.8. The van der Waals surface area contributed by atoms with Gasteiger partial charge in [0.15, 0.2) is 4.34 Å². The zero-order valence-corrected chi connectivity index (χ0v) is 16.4. The zero-order chi connectivity index (χ0) is 19.2. The number of amides is 1. The Bertz CT molecular complexity index is 1010. The topological polar surface area (TPSA) is 90.7 Å².